The van der Waals surface area contributed by atoms with E-state index in [1.807, 2.05) is 25.8 Å². The van der Waals surface area contributed by atoms with E-state index in [4.69, 9.17) is 4.74 Å². The molecule has 5 rings (SSSR count). The number of nitrogens with zero attached hydrogens (tertiary/aromatic N) is 5. The van der Waals surface area contributed by atoms with Crippen molar-refractivity contribution in [3.8, 4) is 10.6 Å². The molecule has 0 radical (unpaired) electrons. The molecular weight excluding hydrogens is 592 g/mol. The number of hydrogen-bond donors (Lipinski definition) is 1. The Labute approximate surface area is 249 Å². The molecule has 10 nitrogen and oxygen atoms in total. The van der Waals surface area contributed by atoms with Gasteiger partial charge in [-0.2, -0.15) is 13.2 Å². The van der Waals surface area contributed by atoms with E-state index in [0.717, 1.165) is 11.3 Å². The number of hydrogen-bond acceptors (Lipinski definition) is 8. The lowest BCUT2D eigenvalue weighted by Gasteiger charge is -2.44. The molecule has 1 N–H and O–H groups in total. The van der Waals surface area contributed by atoms with Crippen molar-refractivity contribution in [3.63, 3.8) is 0 Å². The third kappa shape index (κ3) is 6.48. The van der Waals surface area contributed by atoms with Crippen LogP contribution in [-0.4, -0.2) is 103 Å². The number of thiazole rings is 1. The minimum Gasteiger partial charge on any atom is -0.378 e. The van der Waals surface area contributed by atoms with Crippen LogP contribution in [0.2, 0.25) is 0 Å². The van der Waals surface area contributed by atoms with Crippen molar-refractivity contribution < 1.29 is 36.7 Å². The predicted molar refractivity (Wildman–Crippen MR) is 153 cm³/mol. The molecular formula is C28H30F4N6O4S. The van der Waals surface area contributed by atoms with E-state index in [1.165, 1.54) is 17.5 Å². The van der Waals surface area contributed by atoms with Gasteiger partial charge >= 0.3 is 6.18 Å². The van der Waals surface area contributed by atoms with Crippen molar-refractivity contribution in [1.29, 1.82) is 0 Å². The lowest BCUT2D eigenvalue weighted by Crippen LogP contribution is -2.55. The van der Waals surface area contributed by atoms with Gasteiger partial charge in [-0.15, -0.1) is 11.3 Å². The molecule has 4 heterocycles. The first-order valence-corrected chi connectivity index (χ1v) is 14.5. The van der Waals surface area contributed by atoms with Crippen LogP contribution in [0.3, 0.4) is 0 Å². The molecule has 43 heavy (non-hydrogen) atoms. The maximum absolute atomic E-state index is 15.7. The number of piperazine rings is 1. The quantitative estimate of drug-likeness (QED) is 0.508. The number of aromatic nitrogens is 1. The Morgan fingerprint density at radius 1 is 1.12 bits per heavy atom. The summed E-state index contributed by atoms with van der Waals surface area (Å²) in [7, 11) is 1.96. The van der Waals surface area contributed by atoms with E-state index >= 15 is 4.39 Å². The van der Waals surface area contributed by atoms with Crippen molar-refractivity contribution in [3.05, 3.63) is 40.7 Å². The SMILES string of the molecule is C[C@@H]1CN(c2cc(F)c(-c3nc(C(=O)N4CCOCC4)cs3)cc2NC(=O)C2C=NC(=O)C=C2C(F)(F)F)C[C@H](C)N1C. The summed E-state index contributed by atoms with van der Waals surface area (Å²) < 4.78 is 62.2. The molecule has 2 saturated heterocycles. The van der Waals surface area contributed by atoms with Crippen LogP contribution in [-0.2, 0) is 14.3 Å². The van der Waals surface area contributed by atoms with Crippen LogP contribution in [0, 0.1) is 11.7 Å². The fourth-order valence-electron chi connectivity index (χ4n) is 5.28. The number of likely N-dealkylation sites (N-methyl/N-ethyl adjacent to an activating group) is 1. The monoisotopic (exact) mass is 622 g/mol. The van der Waals surface area contributed by atoms with Gasteiger partial charge in [0, 0.05) is 67.6 Å². The van der Waals surface area contributed by atoms with Gasteiger partial charge in [-0.25, -0.2) is 14.4 Å². The highest BCUT2D eigenvalue weighted by atomic mass is 32.1. The zero-order chi connectivity index (χ0) is 31.1. The van der Waals surface area contributed by atoms with Gasteiger partial charge in [0.25, 0.3) is 11.8 Å². The Kier molecular flexibility index (Phi) is 8.68. The number of benzene rings is 1. The number of aliphatic imine (C=N–C) groups is 1. The number of ether oxygens (including phenoxy) is 1. The van der Waals surface area contributed by atoms with Crippen LogP contribution < -0.4 is 10.2 Å². The topological polar surface area (TPSA) is 107 Å². The van der Waals surface area contributed by atoms with Crippen molar-refractivity contribution in [2.45, 2.75) is 32.1 Å². The Morgan fingerprint density at radius 2 is 1.79 bits per heavy atom. The van der Waals surface area contributed by atoms with Crippen molar-refractivity contribution in [1.82, 2.24) is 14.8 Å². The maximum Gasteiger partial charge on any atom is 0.414 e. The molecule has 0 aliphatic carbocycles. The molecule has 2 aromatic rings. The number of carbonyl (C=O) groups is 3. The largest absolute Gasteiger partial charge is 0.414 e. The normalized spacial score (nSPS) is 23.4. The van der Waals surface area contributed by atoms with Crippen LogP contribution >= 0.6 is 11.3 Å². The molecule has 230 valence electrons. The summed E-state index contributed by atoms with van der Waals surface area (Å²) in [5.74, 6) is -5.09. The fraction of sp³-hybridized carbons (Fsp3) is 0.464. The van der Waals surface area contributed by atoms with E-state index in [1.54, 1.807) is 4.90 Å². The molecule has 0 bridgehead atoms. The number of amides is 3. The molecule has 3 aliphatic rings. The maximum atomic E-state index is 15.7. The summed E-state index contributed by atoms with van der Waals surface area (Å²) in [5.41, 5.74) is -0.903. The number of carbonyl (C=O) groups excluding carboxylic acids is 3. The van der Waals surface area contributed by atoms with Crippen LogP contribution in [0.15, 0.2) is 34.2 Å². The van der Waals surface area contributed by atoms with Crippen LogP contribution in [0.4, 0.5) is 28.9 Å². The summed E-state index contributed by atoms with van der Waals surface area (Å²) in [6, 6.07) is 2.65. The Hall–Kier alpha value is -3.69. The predicted octanol–water partition coefficient (Wildman–Crippen LogP) is 3.60. The van der Waals surface area contributed by atoms with Gasteiger partial charge in [0.1, 0.15) is 22.4 Å². The van der Waals surface area contributed by atoms with Gasteiger partial charge < -0.3 is 19.9 Å². The van der Waals surface area contributed by atoms with Crippen molar-refractivity contribution in [2.75, 3.05) is 56.7 Å². The molecule has 15 heteroatoms. The first kappa shape index (κ1) is 30.8. The summed E-state index contributed by atoms with van der Waals surface area (Å²) >= 11 is 1.03. The number of halogens is 4. The average molecular weight is 623 g/mol. The summed E-state index contributed by atoms with van der Waals surface area (Å²) in [6.07, 6.45) is -3.99. The summed E-state index contributed by atoms with van der Waals surface area (Å²) in [5, 5.41) is 4.21. The summed E-state index contributed by atoms with van der Waals surface area (Å²) in [6.45, 7) is 6.51. The van der Waals surface area contributed by atoms with Gasteiger partial charge in [-0.3, -0.25) is 19.3 Å². The second kappa shape index (κ2) is 12.1. The first-order chi connectivity index (χ1) is 20.3. The van der Waals surface area contributed by atoms with Gasteiger partial charge in [0.2, 0.25) is 5.91 Å². The summed E-state index contributed by atoms with van der Waals surface area (Å²) in [4.78, 5) is 51.2. The van der Waals surface area contributed by atoms with E-state index in [2.05, 4.69) is 20.2 Å². The minimum absolute atomic E-state index is 0.0284. The van der Waals surface area contributed by atoms with Crippen LogP contribution in [0.25, 0.3) is 10.6 Å². The highest BCUT2D eigenvalue weighted by molar-refractivity contribution is 7.13. The molecule has 3 amide bonds. The third-order valence-corrected chi connectivity index (χ3v) is 8.75. The van der Waals surface area contributed by atoms with E-state index in [0.29, 0.717) is 51.7 Å². The van der Waals surface area contributed by atoms with Gasteiger partial charge in [0.05, 0.1) is 30.2 Å². The Bertz CT molecular complexity index is 1470. The second-order valence-electron chi connectivity index (χ2n) is 10.7. The number of rotatable bonds is 5. The van der Waals surface area contributed by atoms with Gasteiger partial charge in [-0.1, -0.05) is 0 Å². The molecule has 1 aromatic heterocycles. The second-order valence-corrected chi connectivity index (χ2v) is 11.6. The Morgan fingerprint density at radius 3 is 2.44 bits per heavy atom. The lowest BCUT2D eigenvalue weighted by atomic mass is 9.95. The standard InChI is InChI=1S/C28H30F4N6O4S/c1-15-12-38(13-16(2)36(15)3)23-10-20(29)17(26-35-22(14-43-26)27(41)37-4-6-42-7-5-37)8-21(23)34-25(40)18-11-33-24(39)9-19(18)28(30,31)32/h8-11,14-16,18H,4-7,12-13H2,1-3H3,(H,34,40)/t15-,16+,18?. The lowest BCUT2D eigenvalue weighted by molar-refractivity contribution is -0.124. The van der Waals surface area contributed by atoms with E-state index in [9.17, 15) is 27.6 Å². The third-order valence-electron chi connectivity index (χ3n) is 7.87. The molecule has 2 fully saturated rings. The average Bonchev–Trinajstić information content (AvgIpc) is 3.46. The van der Waals surface area contributed by atoms with Crippen LogP contribution in [0.5, 0.6) is 0 Å². The molecule has 0 saturated carbocycles. The number of alkyl halides is 3. The van der Waals surface area contributed by atoms with Crippen molar-refractivity contribution in [2.24, 2.45) is 10.9 Å². The van der Waals surface area contributed by atoms with E-state index < -0.39 is 35.3 Å². The molecule has 1 aromatic carbocycles. The highest BCUT2D eigenvalue weighted by Gasteiger charge is 2.43. The van der Waals surface area contributed by atoms with E-state index in [-0.39, 0.29) is 45.6 Å². The molecule has 1 unspecified atom stereocenters. The number of nitrogens with one attached hydrogen (secondary N) is 1. The first-order valence-electron chi connectivity index (χ1n) is 13.6. The minimum atomic E-state index is -4.95. The number of dihydropyridines is 1. The van der Waals surface area contributed by atoms with Crippen molar-refractivity contribution >= 4 is 46.6 Å². The zero-order valence-corrected chi connectivity index (χ0v) is 24.5. The Balaban J connectivity index is 1.51. The number of morpholine rings is 1. The van der Waals surface area contributed by atoms with Gasteiger partial charge in [0.15, 0.2) is 0 Å². The molecule has 0 spiro atoms. The smallest absolute Gasteiger partial charge is 0.378 e. The number of anilines is 2. The zero-order valence-electron chi connectivity index (χ0n) is 23.7. The van der Waals surface area contributed by atoms with Gasteiger partial charge in [-0.05, 0) is 27.0 Å². The highest BCUT2D eigenvalue weighted by Crippen LogP contribution is 2.39. The molecule has 3 aliphatic heterocycles. The van der Waals surface area contributed by atoms with Crippen LogP contribution in [0.1, 0.15) is 24.3 Å². The molecule has 3 atom stereocenters. The fourth-order valence-corrected chi connectivity index (χ4v) is 6.09.